The summed E-state index contributed by atoms with van der Waals surface area (Å²) in [6.07, 6.45) is -2.64. The summed E-state index contributed by atoms with van der Waals surface area (Å²) in [4.78, 5) is 37.5. The van der Waals surface area contributed by atoms with E-state index in [2.05, 4.69) is 5.32 Å². The number of amides is 2. The van der Waals surface area contributed by atoms with Crippen LogP contribution in [0.5, 0.6) is 0 Å². The van der Waals surface area contributed by atoms with Gasteiger partial charge in [-0.3, -0.25) is 32.5 Å². The Labute approximate surface area is 242 Å². The van der Waals surface area contributed by atoms with Gasteiger partial charge in [0, 0.05) is 34.5 Å². The van der Waals surface area contributed by atoms with Gasteiger partial charge in [-0.2, -0.15) is 0 Å². The molecular formula is C24H40FN2O10PS2. The number of aliphatic hydroxyl groups is 2. The largest absolute Gasteiger partial charge is 0.474 e. The molecule has 2 aliphatic heterocycles. The average molecular weight is 631 g/mol. The Kier molecular flexibility index (Phi) is 13.1. The van der Waals surface area contributed by atoms with Crippen molar-refractivity contribution in [2.45, 2.75) is 66.2 Å². The molecule has 1 fully saturated rings. The second-order valence-electron chi connectivity index (χ2n) is 11.2. The third-order valence-corrected chi connectivity index (χ3v) is 9.62. The van der Waals surface area contributed by atoms with E-state index < -0.39 is 68.5 Å². The van der Waals surface area contributed by atoms with Crippen molar-refractivity contribution in [1.82, 2.24) is 10.2 Å². The number of thioether (sulfide) groups is 2. The number of nitrogens with one attached hydrogen (secondary N) is 1. The molecule has 0 aliphatic carbocycles. The molecule has 16 heteroatoms. The fraction of sp³-hybridized carbons (Fsp3) is 0.792. The fourth-order valence-electron chi connectivity index (χ4n) is 3.34. The van der Waals surface area contributed by atoms with Crippen LogP contribution in [-0.4, -0.2) is 94.0 Å². The first kappa shape index (κ1) is 35.2. The van der Waals surface area contributed by atoms with E-state index in [0.717, 1.165) is 28.4 Å². The van der Waals surface area contributed by atoms with Gasteiger partial charge in [0.15, 0.2) is 16.5 Å². The average Bonchev–Trinajstić information content (AvgIpc) is 3.16. The Balaban J connectivity index is 2.04. The number of halogens is 1. The number of carbonyl (C=O) groups is 3. The van der Waals surface area contributed by atoms with Crippen LogP contribution in [0.1, 0.15) is 41.5 Å². The number of nitrogens with zero attached hydrogens (tertiary/aromatic N) is 1. The quantitative estimate of drug-likeness (QED) is 0.202. The Hall–Kier alpha value is -1.03. The number of rotatable bonds is 13. The summed E-state index contributed by atoms with van der Waals surface area (Å²) >= 11 is 2.01. The van der Waals surface area contributed by atoms with E-state index in [1.54, 1.807) is 41.5 Å². The highest BCUT2D eigenvalue weighted by Gasteiger charge is 2.48. The molecule has 0 aromatic rings. The lowest BCUT2D eigenvalue weighted by Crippen LogP contribution is -2.52. The van der Waals surface area contributed by atoms with Crippen molar-refractivity contribution in [3.63, 3.8) is 0 Å². The zero-order valence-electron chi connectivity index (χ0n) is 23.5. The van der Waals surface area contributed by atoms with Gasteiger partial charge in [0.05, 0.1) is 32.6 Å². The summed E-state index contributed by atoms with van der Waals surface area (Å²) in [5.41, 5.74) is -1.15. The van der Waals surface area contributed by atoms with Crippen LogP contribution in [0, 0.1) is 16.7 Å². The van der Waals surface area contributed by atoms with Crippen LogP contribution in [0.25, 0.3) is 0 Å². The molecule has 230 valence electrons. The highest BCUT2D eigenvalue weighted by Crippen LogP contribution is 2.50. The minimum atomic E-state index is -4.28. The van der Waals surface area contributed by atoms with Gasteiger partial charge in [-0.15, -0.1) is 0 Å². The van der Waals surface area contributed by atoms with E-state index in [1.807, 2.05) is 0 Å². The highest BCUT2D eigenvalue weighted by molar-refractivity contribution is 8.14. The molecule has 0 radical (unpaired) electrons. The van der Waals surface area contributed by atoms with Crippen LogP contribution in [-0.2, 0) is 32.5 Å². The normalized spacial score (nSPS) is 25.8. The van der Waals surface area contributed by atoms with E-state index >= 15 is 0 Å². The Morgan fingerprint density at radius 3 is 2.02 bits per heavy atom. The minimum absolute atomic E-state index is 0.0849. The molecule has 2 amide bonds. The number of urea groups is 1. The van der Waals surface area contributed by atoms with Gasteiger partial charge >= 0.3 is 13.9 Å². The van der Waals surface area contributed by atoms with Gasteiger partial charge in [0.1, 0.15) is 12.3 Å². The van der Waals surface area contributed by atoms with Crippen LogP contribution in [0.3, 0.4) is 0 Å². The van der Waals surface area contributed by atoms with Crippen LogP contribution in [0.4, 0.5) is 9.18 Å². The minimum Gasteiger partial charge on any atom is -0.388 e. The van der Waals surface area contributed by atoms with Crippen molar-refractivity contribution in [3.8, 4) is 0 Å². The molecule has 2 rings (SSSR count). The molecule has 0 saturated carbocycles. The topological polar surface area (TPSA) is 161 Å². The first-order valence-electron chi connectivity index (χ1n) is 12.7. The third-order valence-electron chi connectivity index (χ3n) is 5.66. The Morgan fingerprint density at radius 1 is 1.05 bits per heavy atom. The van der Waals surface area contributed by atoms with Gasteiger partial charge in [0.25, 0.3) is 0 Å². The molecule has 1 saturated heterocycles. The summed E-state index contributed by atoms with van der Waals surface area (Å²) in [5.74, 6) is -0.799. The highest BCUT2D eigenvalue weighted by atomic mass is 32.2. The lowest BCUT2D eigenvalue weighted by atomic mass is 9.99. The maximum atomic E-state index is 13.9. The van der Waals surface area contributed by atoms with Crippen LogP contribution >= 0.6 is 31.3 Å². The fourth-order valence-corrected chi connectivity index (χ4v) is 6.34. The third kappa shape index (κ3) is 10.4. The number of ether oxygens (including phenoxy) is 1. The zero-order valence-corrected chi connectivity index (χ0v) is 26.1. The Bertz CT molecular complexity index is 936. The number of alkyl halides is 1. The first-order valence-corrected chi connectivity index (χ1v) is 16.1. The molecule has 2 aliphatic rings. The summed E-state index contributed by atoms with van der Waals surface area (Å²) in [7, 11) is -4.28. The van der Waals surface area contributed by atoms with Crippen molar-refractivity contribution >= 4 is 47.6 Å². The summed E-state index contributed by atoms with van der Waals surface area (Å²) < 4.78 is 49.3. The molecule has 3 N–H and O–H groups in total. The van der Waals surface area contributed by atoms with Gasteiger partial charge in [-0.25, -0.2) is 9.36 Å². The van der Waals surface area contributed by atoms with E-state index in [4.69, 9.17) is 18.3 Å². The lowest BCUT2D eigenvalue weighted by molar-refractivity contribution is -0.118. The smallest absolute Gasteiger partial charge is 0.388 e. The second-order valence-corrected chi connectivity index (χ2v) is 15.0. The predicted octanol–water partition coefficient (Wildman–Crippen LogP) is 3.28. The van der Waals surface area contributed by atoms with Crippen molar-refractivity contribution in [1.29, 1.82) is 0 Å². The second kappa shape index (κ2) is 14.9. The molecule has 0 spiro atoms. The Morgan fingerprint density at radius 2 is 1.57 bits per heavy atom. The van der Waals surface area contributed by atoms with Gasteiger partial charge in [0.2, 0.25) is 0 Å². The van der Waals surface area contributed by atoms with E-state index in [9.17, 15) is 33.6 Å². The first-order chi connectivity index (χ1) is 18.5. The molecule has 5 atom stereocenters. The van der Waals surface area contributed by atoms with E-state index in [1.165, 1.54) is 12.3 Å². The van der Waals surface area contributed by atoms with Gasteiger partial charge in [-0.1, -0.05) is 65.1 Å². The molecule has 5 unspecified atom stereocenters. The molecule has 0 aromatic carbocycles. The molecule has 12 nitrogen and oxygen atoms in total. The van der Waals surface area contributed by atoms with Crippen LogP contribution in [0.2, 0.25) is 0 Å². The summed E-state index contributed by atoms with van der Waals surface area (Å²) in [6, 6.07) is -0.764. The predicted molar refractivity (Wildman–Crippen MR) is 149 cm³/mol. The van der Waals surface area contributed by atoms with Crippen molar-refractivity contribution in [2.75, 3.05) is 38.0 Å². The number of hydrogen-bond donors (Lipinski definition) is 3. The molecular weight excluding hydrogens is 590 g/mol. The monoisotopic (exact) mass is 630 g/mol. The SMILES string of the molecule is CC(C)(C)C(=O)SCCOP(=O)(OCCSC(=O)C(C)(C)C)OCC1OC(N2C=CC(O)NC2=O)C(O)C1CF. The number of hydrogen-bond acceptors (Lipinski definition) is 12. The van der Waals surface area contributed by atoms with Crippen LogP contribution < -0.4 is 5.32 Å². The standard InChI is InChI=1S/C24H40FN2O10PS2/c1-23(2,3)20(30)39-11-9-34-38(33,35-10-12-40-21(31)24(4,5)6)36-14-16-15(13-25)18(29)19(37-16)27-8-7-17(28)26-22(27)32/h7-8,15-19,28-29H,9-14H2,1-6H3,(H,26,32). The maximum Gasteiger partial charge on any atom is 0.474 e. The molecule has 2 heterocycles. The van der Waals surface area contributed by atoms with Gasteiger partial charge < -0.3 is 20.3 Å². The number of aliphatic hydroxyl groups excluding tert-OH is 2. The van der Waals surface area contributed by atoms with Crippen molar-refractivity contribution < 1.29 is 51.9 Å². The van der Waals surface area contributed by atoms with E-state index in [-0.39, 0.29) is 35.0 Å². The van der Waals surface area contributed by atoms with Gasteiger partial charge in [-0.05, 0) is 6.08 Å². The number of carbonyl (C=O) groups excluding carboxylic acids is 3. The molecule has 40 heavy (non-hydrogen) atoms. The summed E-state index contributed by atoms with van der Waals surface area (Å²) in [6.45, 7) is 8.75. The zero-order chi connectivity index (χ0) is 30.3. The van der Waals surface area contributed by atoms with E-state index in [0.29, 0.717) is 0 Å². The summed E-state index contributed by atoms with van der Waals surface area (Å²) in [5, 5.41) is 22.2. The number of phosphoric ester groups is 1. The molecule has 0 bridgehead atoms. The van der Waals surface area contributed by atoms with Crippen molar-refractivity contribution in [2.24, 2.45) is 16.7 Å². The number of phosphoric acid groups is 1. The maximum absolute atomic E-state index is 13.9. The lowest BCUT2D eigenvalue weighted by Gasteiger charge is -2.31. The van der Waals surface area contributed by atoms with Crippen molar-refractivity contribution in [3.05, 3.63) is 12.3 Å². The van der Waals surface area contributed by atoms with Crippen LogP contribution in [0.15, 0.2) is 12.3 Å². The molecule has 0 aromatic heterocycles.